The summed E-state index contributed by atoms with van der Waals surface area (Å²) >= 11 is 0. The molecule has 0 amide bonds. The third-order valence-corrected chi connectivity index (χ3v) is 11.5. The van der Waals surface area contributed by atoms with Gasteiger partial charge in [0.1, 0.15) is 5.78 Å². The Hall–Kier alpha value is -0.900. The van der Waals surface area contributed by atoms with E-state index in [2.05, 4.69) is 34.6 Å². The fourth-order valence-corrected chi connectivity index (χ4v) is 9.42. The van der Waals surface area contributed by atoms with Crippen LogP contribution in [0.15, 0.2) is 0 Å². The highest BCUT2D eigenvalue weighted by Crippen LogP contribution is 2.72. The molecule has 32 heavy (non-hydrogen) atoms. The van der Waals surface area contributed by atoms with Crippen LogP contribution in [0, 0.1) is 45.8 Å². The largest absolute Gasteiger partial charge is 0.466 e. The number of Topliss-reactive ketones (excluding diaryl/α,β-unsaturated/α-hetero) is 1. The van der Waals surface area contributed by atoms with Crippen molar-refractivity contribution in [1.29, 1.82) is 0 Å². The van der Waals surface area contributed by atoms with E-state index in [4.69, 9.17) is 4.74 Å². The molecule has 4 rings (SSSR count). The first-order valence-corrected chi connectivity index (χ1v) is 13.3. The van der Waals surface area contributed by atoms with E-state index >= 15 is 0 Å². The maximum absolute atomic E-state index is 12.4. The first kappa shape index (κ1) is 24.2. The van der Waals surface area contributed by atoms with Gasteiger partial charge in [-0.2, -0.15) is 0 Å². The average molecular weight is 447 g/mol. The van der Waals surface area contributed by atoms with Gasteiger partial charge in [0.25, 0.3) is 0 Å². The van der Waals surface area contributed by atoms with Gasteiger partial charge in [-0.25, -0.2) is 0 Å². The van der Waals surface area contributed by atoms with Crippen LogP contribution in [0.25, 0.3) is 0 Å². The lowest BCUT2D eigenvalue weighted by Crippen LogP contribution is -2.59. The highest BCUT2D eigenvalue weighted by Gasteiger charge is 2.70. The Kier molecular flexibility index (Phi) is 6.13. The minimum absolute atomic E-state index is 0.0939. The molecule has 0 aromatic carbocycles. The van der Waals surface area contributed by atoms with Gasteiger partial charge in [0.05, 0.1) is 12.2 Å². The van der Waals surface area contributed by atoms with Gasteiger partial charge in [-0.05, 0) is 90.8 Å². The number of rotatable bonds is 5. The second kappa shape index (κ2) is 8.10. The van der Waals surface area contributed by atoms with E-state index in [0.29, 0.717) is 54.8 Å². The van der Waals surface area contributed by atoms with Gasteiger partial charge in [0.15, 0.2) is 0 Å². The number of fused-ring (bicyclic) bond motifs is 5. The van der Waals surface area contributed by atoms with E-state index < -0.39 is 5.60 Å². The molecule has 0 heterocycles. The van der Waals surface area contributed by atoms with Gasteiger partial charge < -0.3 is 9.84 Å². The molecule has 3 unspecified atom stereocenters. The van der Waals surface area contributed by atoms with Gasteiger partial charge >= 0.3 is 5.97 Å². The third-order valence-electron chi connectivity index (χ3n) is 11.5. The van der Waals surface area contributed by atoms with E-state index in [1.165, 1.54) is 19.3 Å². The molecule has 0 saturated heterocycles. The summed E-state index contributed by atoms with van der Waals surface area (Å²) in [5.41, 5.74) is -0.719. The summed E-state index contributed by atoms with van der Waals surface area (Å²) in [7, 11) is 0. The number of ether oxygens (including phenoxy) is 1. The second-order valence-corrected chi connectivity index (χ2v) is 12.9. The zero-order valence-corrected chi connectivity index (χ0v) is 21.3. The van der Waals surface area contributed by atoms with Crippen molar-refractivity contribution in [2.75, 3.05) is 6.61 Å². The molecule has 4 fully saturated rings. The molecule has 4 aliphatic carbocycles. The Balaban J connectivity index is 1.57. The molecule has 4 aliphatic rings. The van der Waals surface area contributed by atoms with Crippen molar-refractivity contribution in [2.24, 2.45) is 45.8 Å². The van der Waals surface area contributed by atoms with Crippen molar-refractivity contribution in [3.63, 3.8) is 0 Å². The third kappa shape index (κ3) is 3.33. The minimum atomic E-state index is -0.736. The van der Waals surface area contributed by atoms with Crippen LogP contribution < -0.4 is 0 Å². The summed E-state index contributed by atoms with van der Waals surface area (Å²) < 4.78 is 5.33. The fraction of sp³-hybridized carbons (Fsp3) is 0.929. The Bertz CT molecular complexity index is 759. The van der Waals surface area contributed by atoms with Gasteiger partial charge in [-0.15, -0.1) is 0 Å². The molecule has 0 spiro atoms. The van der Waals surface area contributed by atoms with Crippen molar-refractivity contribution >= 4 is 11.8 Å². The lowest BCUT2D eigenvalue weighted by molar-refractivity contribution is -0.182. The predicted molar refractivity (Wildman–Crippen MR) is 126 cm³/mol. The van der Waals surface area contributed by atoms with Crippen LogP contribution >= 0.6 is 0 Å². The first-order valence-electron chi connectivity index (χ1n) is 13.3. The van der Waals surface area contributed by atoms with Gasteiger partial charge in [0, 0.05) is 19.3 Å². The minimum Gasteiger partial charge on any atom is -0.466 e. The maximum Gasteiger partial charge on any atom is 0.305 e. The summed E-state index contributed by atoms with van der Waals surface area (Å²) in [5, 5.41) is 12.3. The number of carbonyl (C=O) groups excluding carboxylic acids is 2. The van der Waals surface area contributed by atoms with E-state index in [1.54, 1.807) is 0 Å². The highest BCUT2D eigenvalue weighted by atomic mass is 16.5. The van der Waals surface area contributed by atoms with Crippen molar-refractivity contribution in [2.45, 2.75) is 111 Å². The van der Waals surface area contributed by atoms with Gasteiger partial charge in [0.2, 0.25) is 0 Å². The number of ketones is 1. The Morgan fingerprint density at radius 1 is 1.09 bits per heavy atom. The molecule has 0 bridgehead atoms. The quantitative estimate of drug-likeness (QED) is 0.419. The summed E-state index contributed by atoms with van der Waals surface area (Å²) in [4.78, 5) is 23.9. The maximum atomic E-state index is 12.4. The van der Waals surface area contributed by atoms with E-state index in [9.17, 15) is 14.7 Å². The Morgan fingerprint density at radius 2 is 1.81 bits per heavy atom. The summed E-state index contributed by atoms with van der Waals surface area (Å²) in [6, 6.07) is 0. The smallest absolute Gasteiger partial charge is 0.305 e. The SMILES string of the molecule is CCC(=O)OCCCC1(O)C(C)(C)C[C@H]2[C@@H]3CCC4CC(=O)CC(C)[C@]4(C)[C@@H]3CC[C@@]21C. The van der Waals surface area contributed by atoms with Crippen LogP contribution in [0.2, 0.25) is 0 Å². The number of hydrogen-bond acceptors (Lipinski definition) is 4. The molecule has 0 aromatic heterocycles. The molecule has 4 nitrogen and oxygen atoms in total. The summed E-state index contributed by atoms with van der Waals surface area (Å²) in [5.74, 6) is 3.18. The highest BCUT2D eigenvalue weighted by molar-refractivity contribution is 5.80. The van der Waals surface area contributed by atoms with Crippen LogP contribution in [-0.2, 0) is 14.3 Å². The number of hydrogen-bond donors (Lipinski definition) is 1. The molecule has 0 aromatic rings. The average Bonchev–Trinajstić information content (AvgIpc) is 2.89. The molecule has 1 N–H and O–H groups in total. The van der Waals surface area contributed by atoms with E-state index in [1.807, 2.05) is 6.92 Å². The van der Waals surface area contributed by atoms with Crippen LogP contribution in [0.3, 0.4) is 0 Å². The molecule has 4 heteroatoms. The van der Waals surface area contributed by atoms with Gasteiger partial charge in [-0.3, -0.25) is 9.59 Å². The van der Waals surface area contributed by atoms with Crippen molar-refractivity contribution in [3.05, 3.63) is 0 Å². The predicted octanol–water partition coefficient (Wildman–Crippen LogP) is 5.94. The standard InChI is InChI=1S/C28H46O4/c1-7-24(30)32-14-8-12-28(31)25(3,4)17-23-21-10-9-19-16-20(29)15-18(2)27(19,6)22(21)11-13-26(23,28)5/h18-19,21-23,31H,7-17H2,1-6H3/t18?,19?,21-,22-,23+,26+,27+,28?/m1/s1. The van der Waals surface area contributed by atoms with Crippen molar-refractivity contribution in [3.8, 4) is 0 Å². The first-order chi connectivity index (χ1) is 14.9. The zero-order chi connectivity index (χ0) is 23.5. The van der Waals surface area contributed by atoms with Gasteiger partial charge in [-0.1, -0.05) is 41.5 Å². The number of aliphatic hydroxyl groups is 1. The van der Waals surface area contributed by atoms with Crippen LogP contribution in [0.5, 0.6) is 0 Å². The summed E-state index contributed by atoms with van der Waals surface area (Å²) in [6.07, 6.45) is 9.07. The lowest BCUT2D eigenvalue weighted by atomic mass is 9.42. The normalized spacial score (nSPS) is 47.3. The number of esters is 1. The monoisotopic (exact) mass is 446 g/mol. The molecule has 0 aliphatic heterocycles. The molecule has 4 saturated carbocycles. The van der Waals surface area contributed by atoms with Crippen molar-refractivity contribution < 1.29 is 19.4 Å². The van der Waals surface area contributed by atoms with E-state index in [-0.39, 0.29) is 22.2 Å². The second-order valence-electron chi connectivity index (χ2n) is 12.9. The lowest BCUT2D eigenvalue weighted by Gasteiger charge is -2.63. The Morgan fingerprint density at radius 3 is 2.50 bits per heavy atom. The Labute approximate surface area is 195 Å². The zero-order valence-electron chi connectivity index (χ0n) is 21.3. The fourth-order valence-electron chi connectivity index (χ4n) is 9.42. The number of carbonyl (C=O) groups is 2. The molecule has 182 valence electrons. The van der Waals surface area contributed by atoms with Crippen molar-refractivity contribution in [1.82, 2.24) is 0 Å². The molecular weight excluding hydrogens is 400 g/mol. The molecule has 8 atom stereocenters. The molecular formula is C28H46O4. The topological polar surface area (TPSA) is 63.6 Å². The van der Waals surface area contributed by atoms with E-state index in [0.717, 1.165) is 32.1 Å². The van der Waals surface area contributed by atoms with Crippen LogP contribution in [0.1, 0.15) is 106 Å². The van der Waals surface area contributed by atoms with Crippen LogP contribution in [-0.4, -0.2) is 29.1 Å². The molecule has 0 radical (unpaired) electrons. The summed E-state index contributed by atoms with van der Waals surface area (Å²) in [6.45, 7) is 13.9. The van der Waals surface area contributed by atoms with Crippen LogP contribution in [0.4, 0.5) is 0 Å².